The molecule has 0 aliphatic heterocycles. The minimum absolute atomic E-state index is 0.0639. The summed E-state index contributed by atoms with van der Waals surface area (Å²) in [4.78, 5) is 0. The lowest BCUT2D eigenvalue weighted by Gasteiger charge is -2.14. The molecule has 1 rings (SSSR count). The summed E-state index contributed by atoms with van der Waals surface area (Å²) in [5.74, 6) is 0.731. The average Bonchev–Trinajstić information content (AvgIpc) is 2.21. The van der Waals surface area contributed by atoms with Gasteiger partial charge < -0.3 is 10.5 Å². The lowest BCUT2D eigenvalue weighted by atomic mass is 10.1. The van der Waals surface area contributed by atoms with E-state index in [-0.39, 0.29) is 6.04 Å². The molecule has 0 saturated carbocycles. The van der Waals surface area contributed by atoms with Gasteiger partial charge in [-0.15, -0.1) is 0 Å². The van der Waals surface area contributed by atoms with E-state index in [4.69, 9.17) is 15.7 Å². The molecule has 0 aliphatic rings. The average molecular weight is 283 g/mol. The summed E-state index contributed by atoms with van der Waals surface area (Å²) >= 11 is 3.41. The maximum atomic E-state index is 8.71. The number of nitrogens with zero attached hydrogens (tertiary/aromatic N) is 1. The molecule has 2 unspecified atom stereocenters. The summed E-state index contributed by atoms with van der Waals surface area (Å²) in [5.41, 5.74) is 6.79. The van der Waals surface area contributed by atoms with Crippen LogP contribution in [0.15, 0.2) is 22.7 Å². The van der Waals surface area contributed by atoms with Crippen LogP contribution in [0.4, 0.5) is 0 Å². The van der Waals surface area contributed by atoms with Gasteiger partial charge in [0.05, 0.1) is 0 Å². The Morgan fingerprint density at radius 1 is 1.50 bits per heavy atom. The highest BCUT2D eigenvalue weighted by Crippen LogP contribution is 2.25. The molecule has 1 aromatic carbocycles. The summed E-state index contributed by atoms with van der Waals surface area (Å²) in [6, 6.07) is 7.83. The van der Waals surface area contributed by atoms with Crippen molar-refractivity contribution in [3.8, 4) is 11.8 Å². The van der Waals surface area contributed by atoms with Crippen molar-refractivity contribution in [2.24, 2.45) is 5.73 Å². The van der Waals surface area contributed by atoms with Crippen LogP contribution >= 0.6 is 15.9 Å². The first-order valence-electron chi connectivity index (χ1n) is 5.13. The number of hydrogen-bond donors (Lipinski definition) is 1. The first-order chi connectivity index (χ1) is 7.52. The largest absolute Gasteiger partial charge is 0.476 e. The predicted octanol–water partition coefficient (Wildman–Crippen LogP) is 2.63. The van der Waals surface area contributed by atoms with Gasteiger partial charge in [0.15, 0.2) is 6.10 Å². The van der Waals surface area contributed by atoms with Gasteiger partial charge in [-0.1, -0.05) is 15.9 Å². The zero-order valence-corrected chi connectivity index (χ0v) is 11.0. The van der Waals surface area contributed by atoms with Crippen molar-refractivity contribution in [1.82, 2.24) is 0 Å². The molecular weight excluding hydrogens is 268 g/mol. The number of hydrogen-bond acceptors (Lipinski definition) is 3. The smallest absolute Gasteiger partial charge is 0.181 e. The van der Waals surface area contributed by atoms with E-state index in [1.165, 1.54) is 0 Å². The Labute approximate surface area is 104 Å². The molecular formula is C12H15BrN2O. The number of nitriles is 1. The third-order valence-electron chi connectivity index (χ3n) is 2.05. The van der Waals surface area contributed by atoms with E-state index in [0.29, 0.717) is 0 Å². The Hall–Kier alpha value is -1.05. The summed E-state index contributed by atoms with van der Waals surface area (Å²) in [6.07, 6.45) is 0.278. The van der Waals surface area contributed by atoms with Crippen LogP contribution in [-0.4, -0.2) is 12.1 Å². The van der Waals surface area contributed by atoms with Gasteiger partial charge in [-0.25, -0.2) is 0 Å². The summed E-state index contributed by atoms with van der Waals surface area (Å²) in [5, 5.41) is 8.71. The fourth-order valence-electron chi connectivity index (χ4n) is 1.39. The number of ether oxygens (including phenoxy) is 1. The van der Waals surface area contributed by atoms with E-state index in [9.17, 15) is 0 Å². The monoisotopic (exact) mass is 282 g/mol. The normalized spacial score (nSPS) is 13.9. The van der Waals surface area contributed by atoms with Crippen LogP contribution in [0.25, 0.3) is 0 Å². The van der Waals surface area contributed by atoms with Crippen LogP contribution in [0.3, 0.4) is 0 Å². The molecule has 0 heterocycles. The Morgan fingerprint density at radius 2 is 2.19 bits per heavy atom. The zero-order valence-electron chi connectivity index (χ0n) is 9.40. The third-order valence-corrected chi connectivity index (χ3v) is 2.54. The van der Waals surface area contributed by atoms with Crippen LogP contribution in [0, 0.1) is 11.3 Å². The third kappa shape index (κ3) is 3.84. The molecule has 0 amide bonds. The number of halogens is 1. The Morgan fingerprint density at radius 3 is 2.75 bits per heavy atom. The van der Waals surface area contributed by atoms with Gasteiger partial charge in [0.25, 0.3) is 0 Å². The van der Waals surface area contributed by atoms with E-state index in [1.54, 1.807) is 6.92 Å². The van der Waals surface area contributed by atoms with Crippen LogP contribution in [-0.2, 0) is 6.42 Å². The summed E-state index contributed by atoms with van der Waals surface area (Å²) in [7, 11) is 0. The van der Waals surface area contributed by atoms with Crippen LogP contribution in [0.2, 0.25) is 0 Å². The van der Waals surface area contributed by atoms with Crippen molar-refractivity contribution in [2.75, 3.05) is 0 Å². The molecule has 16 heavy (non-hydrogen) atoms. The lowest BCUT2D eigenvalue weighted by molar-refractivity contribution is 0.273. The van der Waals surface area contributed by atoms with E-state index >= 15 is 0 Å². The van der Waals surface area contributed by atoms with Gasteiger partial charge in [-0.3, -0.25) is 0 Å². The van der Waals surface area contributed by atoms with Crippen molar-refractivity contribution < 1.29 is 4.74 Å². The molecule has 1 aromatic rings. The molecule has 3 nitrogen and oxygen atoms in total. The van der Waals surface area contributed by atoms with E-state index in [0.717, 1.165) is 22.2 Å². The molecule has 4 heteroatoms. The van der Waals surface area contributed by atoms with E-state index in [1.807, 2.05) is 31.2 Å². The Kier molecular flexibility index (Phi) is 4.78. The number of rotatable bonds is 4. The predicted molar refractivity (Wildman–Crippen MR) is 67.2 cm³/mol. The van der Waals surface area contributed by atoms with Crippen molar-refractivity contribution in [3.05, 3.63) is 28.2 Å². The number of nitrogens with two attached hydrogens (primary N) is 1. The van der Waals surface area contributed by atoms with Gasteiger partial charge in [-0.05, 0) is 44.0 Å². The molecule has 0 aliphatic carbocycles. The molecule has 2 atom stereocenters. The van der Waals surface area contributed by atoms with Gasteiger partial charge in [0.2, 0.25) is 0 Å². The quantitative estimate of drug-likeness (QED) is 0.924. The van der Waals surface area contributed by atoms with Gasteiger partial charge in [0.1, 0.15) is 11.8 Å². The summed E-state index contributed by atoms with van der Waals surface area (Å²) in [6.45, 7) is 3.66. The van der Waals surface area contributed by atoms with Gasteiger partial charge >= 0.3 is 0 Å². The van der Waals surface area contributed by atoms with Crippen LogP contribution in [0.1, 0.15) is 19.4 Å². The molecule has 2 N–H and O–H groups in total. The second kappa shape index (κ2) is 5.88. The van der Waals surface area contributed by atoms with Gasteiger partial charge in [0, 0.05) is 10.5 Å². The highest BCUT2D eigenvalue weighted by atomic mass is 79.9. The first-order valence-corrected chi connectivity index (χ1v) is 5.92. The number of benzene rings is 1. The highest BCUT2D eigenvalue weighted by molar-refractivity contribution is 9.10. The molecule has 0 saturated heterocycles. The topological polar surface area (TPSA) is 59.0 Å². The van der Waals surface area contributed by atoms with E-state index < -0.39 is 6.10 Å². The van der Waals surface area contributed by atoms with Crippen LogP contribution in [0.5, 0.6) is 5.75 Å². The van der Waals surface area contributed by atoms with Crippen molar-refractivity contribution >= 4 is 15.9 Å². The van der Waals surface area contributed by atoms with Crippen molar-refractivity contribution in [3.63, 3.8) is 0 Å². The lowest BCUT2D eigenvalue weighted by Crippen LogP contribution is -2.19. The fourth-order valence-corrected chi connectivity index (χ4v) is 1.79. The highest BCUT2D eigenvalue weighted by Gasteiger charge is 2.09. The molecule has 0 bridgehead atoms. The molecule has 86 valence electrons. The fraction of sp³-hybridized carbons (Fsp3) is 0.417. The second-order valence-electron chi connectivity index (χ2n) is 3.82. The summed E-state index contributed by atoms with van der Waals surface area (Å²) < 4.78 is 6.50. The second-order valence-corrected chi connectivity index (χ2v) is 4.74. The first kappa shape index (κ1) is 13.0. The molecule has 0 fully saturated rings. The van der Waals surface area contributed by atoms with Crippen molar-refractivity contribution in [1.29, 1.82) is 5.26 Å². The maximum Gasteiger partial charge on any atom is 0.181 e. The van der Waals surface area contributed by atoms with Crippen molar-refractivity contribution in [2.45, 2.75) is 32.4 Å². The Balaban J connectivity index is 2.94. The minimum atomic E-state index is -0.451. The molecule has 0 spiro atoms. The SMILES string of the molecule is CC(N)Cc1cc(Br)ccc1OC(C)C#N. The standard InChI is InChI=1S/C12H15BrN2O/c1-8(15)5-10-6-11(13)3-4-12(10)16-9(2)7-14/h3-4,6,8-9H,5,15H2,1-2H3. The zero-order chi connectivity index (χ0) is 12.1. The van der Waals surface area contributed by atoms with Gasteiger partial charge in [-0.2, -0.15) is 5.26 Å². The molecule has 0 aromatic heterocycles. The maximum absolute atomic E-state index is 8.71. The van der Waals surface area contributed by atoms with Crippen LogP contribution < -0.4 is 10.5 Å². The Bertz CT molecular complexity index is 398. The minimum Gasteiger partial charge on any atom is -0.476 e. The van der Waals surface area contributed by atoms with E-state index in [2.05, 4.69) is 15.9 Å². The molecule has 0 radical (unpaired) electrons.